The molecule has 0 aliphatic rings. The standard InChI is InChI=1S/C9H11NO3/c1-6-3-8(12)4-9(13)10(6)5-7(2)11/h3-4,12H,5H2,1-2H3. The highest BCUT2D eigenvalue weighted by molar-refractivity contribution is 5.75. The Balaban J connectivity index is 3.21. The van der Waals surface area contributed by atoms with Gasteiger partial charge in [0.1, 0.15) is 11.5 Å². The number of Topliss-reactive ketones (excluding diaryl/α,β-unsaturated/α-hetero) is 1. The van der Waals surface area contributed by atoms with Crippen molar-refractivity contribution in [2.45, 2.75) is 20.4 Å². The topological polar surface area (TPSA) is 59.3 Å². The largest absolute Gasteiger partial charge is 0.508 e. The highest BCUT2D eigenvalue weighted by Crippen LogP contribution is 2.06. The summed E-state index contributed by atoms with van der Waals surface area (Å²) in [6, 6.07) is 2.54. The van der Waals surface area contributed by atoms with Gasteiger partial charge in [0.15, 0.2) is 0 Å². The Hall–Kier alpha value is -1.58. The predicted molar refractivity (Wildman–Crippen MR) is 47.8 cm³/mol. The SMILES string of the molecule is CC(=O)Cn1c(C)cc(O)cc1=O. The van der Waals surface area contributed by atoms with E-state index in [1.807, 2.05) is 0 Å². The van der Waals surface area contributed by atoms with Gasteiger partial charge in [-0.25, -0.2) is 0 Å². The third-order valence-corrected chi connectivity index (χ3v) is 1.70. The molecule has 1 aromatic rings. The van der Waals surface area contributed by atoms with Crippen LogP contribution in [0.25, 0.3) is 0 Å². The Morgan fingerprint density at radius 3 is 2.62 bits per heavy atom. The van der Waals surface area contributed by atoms with Gasteiger partial charge in [0.2, 0.25) is 0 Å². The minimum atomic E-state index is -0.354. The monoisotopic (exact) mass is 181 g/mol. The molecule has 1 rings (SSSR count). The Labute approximate surface area is 75.4 Å². The lowest BCUT2D eigenvalue weighted by molar-refractivity contribution is -0.117. The Bertz CT molecular complexity index is 392. The third-order valence-electron chi connectivity index (χ3n) is 1.70. The van der Waals surface area contributed by atoms with Crippen LogP contribution in [0.4, 0.5) is 0 Å². The maximum absolute atomic E-state index is 11.2. The van der Waals surface area contributed by atoms with Crippen LogP contribution in [0.5, 0.6) is 5.75 Å². The normalized spacial score (nSPS) is 10.0. The number of pyridine rings is 1. The fourth-order valence-electron chi connectivity index (χ4n) is 1.14. The van der Waals surface area contributed by atoms with Gasteiger partial charge in [0.05, 0.1) is 6.54 Å². The van der Waals surface area contributed by atoms with Crippen LogP contribution in [0.1, 0.15) is 12.6 Å². The second kappa shape index (κ2) is 3.43. The summed E-state index contributed by atoms with van der Waals surface area (Å²) >= 11 is 0. The number of hydrogen-bond donors (Lipinski definition) is 1. The number of rotatable bonds is 2. The molecule has 0 amide bonds. The van der Waals surface area contributed by atoms with Crippen molar-refractivity contribution >= 4 is 5.78 Å². The maximum Gasteiger partial charge on any atom is 0.254 e. The van der Waals surface area contributed by atoms with Crippen molar-refractivity contribution in [1.82, 2.24) is 4.57 Å². The zero-order valence-corrected chi connectivity index (χ0v) is 7.57. The van der Waals surface area contributed by atoms with E-state index in [1.54, 1.807) is 6.92 Å². The van der Waals surface area contributed by atoms with Crippen molar-refractivity contribution in [3.63, 3.8) is 0 Å². The first-order chi connectivity index (χ1) is 6.00. The first kappa shape index (κ1) is 9.51. The number of hydrogen-bond acceptors (Lipinski definition) is 3. The zero-order chi connectivity index (χ0) is 10.0. The summed E-state index contributed by atoms with van der Waals surface area (Å²) in [5, 5.41) is 9.05. The van der Waals surface area contributed by atoms with Crippen LogP contribution in [0, 0.1) is 6.92 Å². The molecule has 0 radical (unpaired) electrons. The minimum Gasteiger partial charge on any atom is -0.508 e. The van der Waals surface area contributed by atoms with Crippen LogP contribution in [-0.4, -0.2) is 15.5 Å². The number of aromatic hydroxyl groups is 1. The Morgan fingerprint density at radius 2 is 2.15 bits per heavy atom. The molecule has 0 saturated carbocycles. The van der Waals surface area contributed by atoms with Crippen molar-refractivity contribution in [2.75, 3.05) is 0 Å². The molecule has 13 heavy (non-hydrogen) atoms. The van der Waals surface area contributed by atoms with Gasteiger partial charge < -0.3 is 9.67 Å². The molecular formula is C9H11NO3. The lowest BCUT2D eigenvalue weighted by Gasteiger charge is -2.06. The summed E-state index contributed by atoms with van der Waals surface area (Å²) in [7, 11) is 0. The lowest BCUT2D eigenvalue weighted by atomic mass is 10.3. The van der Waals surface area contributed by atoms with Crippen molar-refractivity contribution in [3.8, 4) is 5.75 Å². The van der Waals surface area contributed by atoms with E-state index in [1.165, 1.54) is 17.6 Å². The van der Waals surface area contributed by atoms with Crippen molar-refractivity contribution in [2.24, 2.45) is 0 Å². The molecule has 0 aliphatic carbocycles. The van der Waals surface area contributed by atoms with E-state index in [-0.39, 0.29) is 23.6 Å². The van der Waals surface area contributed by atoms with Crippen LogP contribution >= 0.6 is 0 Å². The van der Waals surface area contributed by atoms with Gasteiger partial charge >= 0.3 is 0 Å². The van der Waals surface area contributed by atoms with Crippen LogP contribution in [0.15, 0.2) is 16.9 Å². The number of carbonyl (C=O) groups is 1. The van der Waals surface area contributed by atoms with E-state index in [9.17, 15) is 9.59 Å². The number of aryl methyl sites for hydroxylation is 1. The van der Waals surface area contributed by atoms with Gasteiger partial charge in [-0.2, -0.15) is 0 Å². The first-order valence-corrected chi connectivity index (χ1v) is 3.90. The van der Waals surface area contributed by atoms with E-state index >= 15 is 0 Å². The molecule has 1 heterocycles. The molecule has 1 N–H and O–H groups in total. The summed E-state index contributed by atoms with van der Waals surface area (Å²) in [6.07, 6.45) is 0. The molecule has 0 aliphatic heterocycles. The van der Waals surface area contributed by atoms with E-state index < -0.39 is 0 Å². The van der Waals surface area contributed by atoms with Crippen molar-refractivity contribution in [1.29, 1.82) is 0 Å². The van der Waals surface area contributed by atoms with Gasteiger partial charge in [-0.15, -0.1) is 0 Å². The molecule has 0 saturated heterocycles. The number of carbonyl (C=O) groups excluding carboxylic acids is 1. The highest BCUT2D eigenvalue weighted by atomic mass is 16.3. The molecule has 1 aromatic heterocycles. The van der Waals surface area contributed by atoms with E-state index in [4.69, 9.17) is 5.11 Å². The van der Waals surface area contributed by atoms with E-state index in [0.717, 1.165) is 6.07 Å². The molecule has 0 aromatic carbocycles. The van der Waals surface area contributed by atoms with Crippen LogP contribution in [0.2, 0.25) is 0 Å². The lowest BCUT2D eigenvalue weighted by Crippen LogP contribution is -2.24. The Morgan fingerprint density at radius 1 is 1.54 bits per heavy atom. The fourth-order valence-corrected chi connectivity index (χ4v) is 1.14. The van der Waals surface area contributed by atoms with Crippen LogP contribution in [0.3, 0.4) is 0 Å². The first-order valence-electron chi connectivity index (χ1n) is 3.90. The van der Waals surface area contributed by atoms with Crippen LogP contribution in [-0.2, 0) is 11.3 Å². The average Bonchev–Trinajstić information content (AvgIpc) is 1.96. The molecular weight excluding hydrogens is 170 g/mol. The molecule has 70 valence electrons. The molecule has 4 nitrogen and oxygen atoms in total. The van der Waals surface area contributed by atoms with Gasteiger partial charge in [0, 0.05) is 11.8 Å². The molecule has 0 atom stereocenters. The van der Waals surface area contributed by atoms with Crippen molar-refractivity contribution in [3.05, 3.63) is 28.2 Å². The summed E-state index contributed by atoms with van der Waals surface area (Å²) in [5.41, 5.74) is 0.230. The average molecular weight is 181 g/mol. The second-order valence-electron chi connectivity index (χ2n) is 2.98. The zero-order valence-electron chi connectivity index (χ0n) is 7.57. The van der Waals surface area contributed by atoms with Gasteiger partial charge in [0.25, 0.3) is 5.56 Å². The molecule has 0 bridgehead atoms. The summed E-state index contributed by atoms with van der Waals surface area (Å²) < 4.78 is 1.32. The molecule has 0 fully saturated rings. The maximum atomic E-state index is 11.2. The summed E-state index contributed by atoms with van der Waals surface area (Å²) in [4.78, 5) is 22.0. The number of ketones is 1. The fraction of sp³-hybridized carbons (Fsp3) is 0.333. The minimum absolute atomic E-state index is 0.0605. The van der Waals surface area contributed by atoms with Crippen LogP contribution < -0.4 is 5.56 Å². The van der Waals surface area contributed by atoms with E-state index in [0.29, 0.717) is 5.69 Å². The molecule has 0 spiro atoms. The summed E-state index contributed by atoms with van der Waals surface area (Å²) in [6.45, 7) is 3.15. The van der Waals surface area contributed by atoms with Crippen molar-refractivity contribution < 1.29 is 9.90 Å². The third kappa shape index (κ3) is 2.18. The van der Waals surface area contributed by atoms with E-state index in [2.05, 4.69) is 0 Å². The predicted octanol–water partition coefficient (Wildman–Crippen LogP) is 0.451. The quantitative estimate of drug-likeness (QED) is 0.720. The highest BCUT2D eigenvalue weighted by Gasteiger charge is 2.04. The van der Waals surface area contributed by atoms with Gasteiger partial charge in [-0.05, 0) is 19.9 Å². The smallest absolute Gasteiger partial charge is 0.254 e. The second-order valence-corrected chi connectivity index (χ2v) is 2.98. The number of nitrogens with zero attached hydrogens (tertiary/aromatic N) is 1. The Kier molecular flexibility index (Phi) is 2.51. The number of aromatic nitrogens is 1. The molecule has 4 heteroatoms. The van der Waals surface area contributed by atoms with Gasteiger partial charge in [-0.3, -0.25) is 9.59 Å². The van der Waals surface area contributed by atoms with Gasteiger partial charge in [-0.1, -0.05) is 0 Å². The molecule has 0 unspecified atom stereocenters. The summed E-state index contributed by atoms with van der Waals surface area (Å²) in [5.74, 6) is -0.154.